The van der Waals surface area contributed by atoms with Gasteiger partial charge in [-0.1, -0.05) is 6.42 Å². The van der Waals surface area contributed by atoms with Gasteiger partial charge in [0.1, 0.15) is 0 Å². The molecule has 1 unspecified atom stereocenters. The SMILES string of the molecule is COCC(C)(CC(=O)O)NC(=O)c1cc2c(s1)CCCCC2. The molecular weight excluding hydrogens is 302 g/mol. The molecule has 6 heteroatoms. The Bertz CT molecular complexity index is 531. The zero-order chi connectivity index (χ0) is 16.2. The lowest BCUT2D eigenvalue weighted by Crippen LogP contribution is -2.50. The van der Waals surface area contributed by atoms with Gasteiger partial charge in [-0.25, -0.2) is 0 Å². The highest BCUT2D eigenvalue weighted by Crippen LogP contribution is 2.29. The van der Waals surface area contributed by atoms with Crippen molar-refractivity contribution in [1.29, 1.82) is 0 Å². The maximum Gasteiger partial charge on any atom is 0.305 e. The Morgan fingerprint density at radius 2 is 2.09 bits per heavy atom. The molecule has 1 heterocycles. The fourth-order valence-corrected chi connectivity index (χ4v) is 4.05. The van der Waals surface area contributed by atoms with E-state index in [4.69, 9.17) is 9.84 Å². The number of nitrogens with one attached hydrogen (secondary N) is 1. The van der Waals surface area contributed by atoms with Crippen molar-refractivity contribution in [2.24, 2.45) is 0 Å². The maximum atomic E-state index is 12.5. The number of aryl methyl sites for hydroxylation is 2. The Morgan fingerprint density at radius 3 is 2.77 bits per heavy atom. The Morgan fingerprint density at radius 1 is 1.36 bits per heavy atom. The molecule has 1 aliphatic carbocycles. The molecule has 1 amide bonds. The predicted molar refractivity (Wildman–Crippen MR) is 85.6 cm³/mol. The van der Waals surface area contributed by atoms with Crippen molar-refractivity contribution in [2.75, 3.05) is 13.7 Å². The van der Waals surface area contributed by atoms with Crippen LogP contribution >= 0.6 is 11.3 Å². The molecule has 0 saturated carbocycles. The summed E-state index contributed by atoms with van der Waals surface area (Å²) in [6.45, 7) is 1.86. The molecule has 0 aliphatic heterocycles. The number of carboxylic acids is 1. The van der Waals surface area contributed by atoms with E-state index in [1.807, 2.05) is 6.07 Å². The third kappa shape index (κ3) is 4.30. The molecule has 1 aromatic rings. The molecule has 122 valence electrons. The number of carbonyl (C=O) groups excluding carboxylic acids is 1. The van der Waals surface area contributed by atoms with Crippen LogP contribution in [0.25, 0.3) is 0 Å². The minimum absolute atomic E-state index is 0.163. The number of thiophene rings is 1. The molecule has 2 rings (SSSR count). The quantitative estimate of drug-likeness (QED) is 0.788. The molecule has 0 fully saturated rings. The van der Waals surface area contributed by atoms with Crippen LogP contribution in [0.15, 0.2) is 6.07 Å². The van der Waals surface area contributed by atoms with Gasteiger partial charge >= 0.3 is 5.97 Å². The van der Waals surface area contributed by atoms with Gasteiger partial charge in [0, 0.05) is 12.0 Å². The van der Waals surface area contributed by atoms with Crippen LogP contribution in [0.3, 0.4) is 0 Å². The van der Waals surface area contributed by atoms with Crippen LogP contribution in [-0.2, 0) is 22.4 Å². The van der Waals surface area contributed by atoms with E-state index in [1.54, 1.807) is 6.92 Å². The van der Waals surface area contributed by atoms with Crippen LogP contribution in [0.5, 0.6) is 0 Å². The summed E-state index contributed by atoms with van der Waals surface area (Å²) in [4.78, 5) is 25.4. The summed E-state index contributed by atoms with van der Waals surface area (Å²) in [5.41, 5.74) is 0.373. The summed E-state index contributed by atoms with van der Waals surface area (Å²) in [5.74, 6) is -1.17. The van der Waals surface area contributed by atoms with Crippen LogP contribution in [0, 0.1) is 0 Å². The van der Waals surface area contributed by atoms with Crippen molar-refractivity contribution in [3.05, 3.63) is 21.4 Å². The van der Waals surface area contributed by atoms with Crippen molar-refractivity contribution in [3.8, 4) is 0 Å². The van der Waals surface area contributed by atoms with Crippen molar-refractivity contribution >= 4 is 23.2 Å². The molecule has 0 saturated heterocycles. The van der Waals surface area contributed by atoms with E-state index in [1.165, 1.54) is 48.1 Å². The number of ether oxygens (including phenoxy) is 1. The average Bonchev–Trinajstić information content (AvgIpc) is 2.69. The van der Waals surface area contributed by atoms with Crippen molar-refractivity contribution in [2.45, 2.75) is 51.0 Å². The number of carboxylic acid groups (broad SMARTS) is 1. The zero-order valence-corrected chi connectivity index (χ0v) is 13.9. The molecule has 2 N–H and O–H groups in total. The average molecular weight is 325 g/mol. The smallest absolute Gasteiger partial charge is 0.305 e. The van der Waals surface area contributed by atoms with Crippen molar-refractivity contribution < 1.29 is 19.4 Å². The Labute approximate surface area is 134 Å². The monoisotopic (exact) mass is 325 g/mol. The van der Waals surface area contributed by atoms with E-state index >= 15 is 0 Å². The molecule has 1 atom stereocenters. The lowest BCUT2D eigenvalue weighted by atomic mass is 9.99. The van der Waals surface area contributed by atoms with Gasteiger partial charge in [0.15, 0.2) is 0 Å². The van der Waals surface area contributed by atoms with Crippen LogP contribution in [0.4, 0.5) is 0 Å². The number of rotatable bonds is 6. The largest absolute Gasteiger partial charge is 0.481 e. The van der Waals surface area contributed by atoms with Gasteiger partial charge in [0.05, 0.1) is 23.4 Å². The lowest BCUT2D eigenvalue weighted by molar-refractivity contribution is -0.139. The summed E-state index contributed by atoms with van der Waals surface area (Å²) < 4.78 is 5.07. The van der Waals surface area contributed by atoms with Crippen LogP contribution in [0.1, 0.15) is 52.7 Å². The standard InChI is InChI=1S/C16H23NO4S/c1-16(10-21-2,9-14(18)19)17-15(20)13-8-11-6-4-3-5-7-12(11)22-13/h8H,3-7,9-10H2,1-2H3,(H,17,20)(H,18,19). The molecule has 0 radical (unpaired) electrons. The summed E-state index contributed by atoms with van der Waals surface area (Å²) >= 11 is 1.53. The Hall–Kier alpha value is -1.40. The van der Waals surface area contributed by atoms with Crippen LogP contribution in [-0.4, -0.2) is 36.2 Å². The highest BCUT2D eigenvalue weighted by Gasteiger charge is 2.30. The highest BCUT2D eigenvalue weighted by atomic mass is 32.1. The van der Waals surface area contributed by atoms with Gasteiger partial charge < -0.3 is 15.2 Å². The molecular formula is C16H23NO4S. The summed E-state index contributed by atoms with van der Waals surface area (Å²) in [6.07, 6.45) is 5.49. The number of amides is 1. The van der Waals surface area contributed by atoms with Crippen molar-refractivity contribution in [3.63, 3.8) is 0 Å². The minimum Gasteiger partial charge on any atom is -0.481 e. The molecule has 0 aromatic carbocycles. The van der Waals surface area contributed by atoms with Crippen LogP contribution in [0.2, 0.25) is 0 Å². The third-order valence-electron chi connectivity index (χ3n) is 3.89. The molecule has 0 bridgehead atoms. The fraction of sp³-hybridized carbons (Fsp3) is 0.625. The predicted octanol–water partition coefficient (Wildman–Crippen LogP) is 2.63. The van der Waals surface area contributed by atoms with Gasteiger partial charge in [-0.3, -0.25) is 9.59 Å². The first-order chi connectivity index (χ1) is 10.4. The highest BCUT2D eigenvalue weighted by molar-refractivity contribution is 7.14. The zero-order valence-electron chi connectivity index (χ0n) is 13.1. The number of methoxy groups -OCH3 is 1. The molecule has 22 heavy (non-hydrogen) atoms. The van der Waals surface area contributed by atoms with Crippen molar-refractivity contribution in [1.82, 2.24) is 5.32 Å². The summed E-state index contributed by atoms with van der Waals surface area (Å²) in [6, 6.07) is 1.97. The number of fused-ring (bicyclic) bond motifs is 1. The minimum atomic E-state index is -0.957. The van der Waals surface area contributed by atoms with E-state index in [0.717, 1.165) is 12.8 Å². The lowest BCUT2D eigenvalue weighted by Gasteiger charge is -2.28. The Kier molecular flexibility index (Phi) is 5.58. The second-order valence-electron chi connectivity index (χ2n) is 6.14. The molecule has 5 nitrogen and oxygen atoms in total. The summed E-state index contributed by atoms with van der Waals surface area (Å²) in [7, 11) is 1.50. The van der Waals surface area contributed by atoms with Gasteiger partial charge in [0.25, 0.3) is 5.91 Å². The van der Waals surface area contributed by atoms with E-state index in [-0.39, 0.29) is 18.9 Å². The second-order valence-corrected chi connectivity index (χ2v) is 7.27. The molecule has 1 aromatic heterocycles. The normalized spacial score (nSPS) is 17.2. The number of carbonyl (C=O) groups is 2. The summed E-state index contributed by atoms with van der Waals surface area (Å²) in [5, 5.41) is 11.9. The molecule has 1 aliphatic rings. The first-order valence-corrected chi connectivity index (χ1v) is 8.40. The van der Waals surface area contributed by atoms with E-state index in [2.05, 4.69) is 5.32 Å². The van der Waals surface area contributed by atoms with E-state index in [0.29, 0.717) is 4.88 Å². The van der Waals surface area contributed by atoms with Gasteiger partial charge in [-0.15, -0.1) is 11.3 Å². The number of aliphatic carboxylic acids is 1. The van der Waals surface area contributed by atoms with Gasteiger partial charge in [0.2, 0.25) is 0 Å². The van der Waals surface area contributed by atoms with E-state index in [9.17, 15) is 9.59 Å². The first kappa shape index (κ1) is 17.0. The maximum absolute atomic E-state index is 12.5. The second kappa shape index (κ2) is 7.24. The topological polar surface area (TPSA) is 75.6 Å². The van der Waals surface area contributed by atoms with Gasteiger partial charge in [-0.05, 0) is 44.2 Å². The first-order valence-electron chi connectivity index (χ1n) is 7.58. The third-order valence-corrected chi connectivity index (χ3v) is 5.13. The molecule has 0 spiro atoms. The van der Waals surface area contributed by atoms with Crippen LogP contribution < -0.4 is 5.32 Å². The van der Waals surface area contributed by atoms with E-state index < -0.39 is 11.5 Å². The number of hydrogen-bond donors (Lipinski definition) is 2. The Balaban J connectivity index is 2.11. The fourth-order valence-electron chi connectivity index (χ4n) is 2.90. The number of hydrogen-bond acceptors (Lipinski definition) is 4. The van der Waals surface area contributed by atoms with Gasteiger partial charge in [-0.2, -0.15) is 0 Å².